The molecule has 7 rings (SSSR count). The smallest absolute Gasteiger partial charge is 0.420 e. The van der Waals surface area contributed by atoms with E-state index in [1.807, 2.05) is 31.2 Å². The van der Waals surface area contributed by atoms with Crippen LogP contribution in [0.2, 0.25) is 0 Å². The van der Waals surface area contributed by atoms with Crippen LogP contribution in [0.3, 0.4) is 0 Å². The number of aryl methyl sites for hydroxylation is 1. The Morgan fingerprint density at radius 3 is 2.26 bits per heavy atom. The fourth-order valence-corrected chi connectivity index (χ4v) is 10.0. The van der Waals surface area contributed by atoms with E-state index in [0.717, 1.165) is 63.1 Å². The van der Waals surface area contributed by atoms with Crippen LogP contribution >= 0.6 is 23.6 Å². The van der Waals surface area contributed by atoms with Crippen molar-refractivity contribution < 1.29 is 68.9 Å². The van der Waals surface area contributed by atoms with Gasteiger partial charge in [-0.15, -0.1) is 11.3 Å². The Bertz CT molecular complexity index is 3130. The summed E-state index contributed by atoms with van der Waals surface area (Å²) in [7, 11) is 0. The van der Waals surface area contributed by atoms with E-state index in [-0.39, 0.29) is 30.8 Å². The number of nitriles is 1. The highest BCUT2D eigenvalue weighted by atomic mass is 32.1. The maximum atomic E-state index is 15.8. The van der Waals surface area contributed by atoms with E-state index in [1.165, 1.54) is 36.2 Å². The maximum absolute atomic E-state index is 15.8. The molecule has 3 aromatic carbocycles. The van der Waals surface area contributed by atoms with E-state index in [4.69, 9.17) is 27.0 Å². The van der Waals surface area contributed by atoms with Crippen molar-refractivity contribution >= 4 is 63.7 Å². The molecule has 2 unspecified atom stereocenters. The van der Waals surface area contributed by atoms with Crippen molar-refractivity contribution in [3.05, 3.63) is 112 Å². The minimum absolute atomic E-state index is 0.0479. The van der Waals surface area contributed by atoms with Crippen molar-refractivity contribution in [2.75, 3.05) is 36.2 Å². The van der Waals surface area contributed by atoms with Gasteiger partial charge in [-0.25, -0.2) is 26.9 Å². The fourth-order valence-electron chi connectivity index (χ4n) is 8.70. The van der Waals surface area contributed by atoms with Gasteiger partial charge in [-0.2, -0.15) is 18.4 Å². The van der Waals surface area contributed by atoms with Crippen molar-refractivity contribution in [3.63, 3.8) is 0 Å². The van der Waals surface area contributed by atoms with E-state index in [9.17, 15) is 46.2 Å². The van der Waals surface area contributed by atoms with Crippen LogP contribution in [-0.4, -0.2) is 111 Å². The van der Waals surface area contributed by atoms with Gasteiger partial charge in [0.2, 0.25) is 17.7 Å². The average Bonchev–Trinajstić information content (AvgIpc) is 4.04. The number of thiocarbonyl (C=S) groups is 1. The molecule has 2 aliphatic rings. The number of carbonyl (C=O) groups excluding carboxylic acids is 4. The molecule has 4 heterocycles. The molecule has 2 aliphatic heterocycles. The lowest BCUT2D eigenvalue weighted by Crippen LogP contribution is -2.58. The molecule has 25 heteroatoms. The number of anilines is 2. The number of ether oxygens (including phenoxy) is 2. The SMILES string of the molecule is Cc1ncsc1-c1ccc(CNC(=O)[C@@H]2C[C@@H](O)CN2C(=O)[C@@H](NC(=O)COCC(F)C(F)COc2ccc(-c3ncc(N4C(=S)N(c5ccc(C#N)c(C(F)(F)F)c5F)C(=O)C4(C)C)cc3F)cc2F)C(C)(C)C)cc1. The van der Waals surface area contributed by atoms with Crippen LogP contribution in [0.15, 0.2) is 72.4 Å². The summed E-state index contributed by atoms with van der Waals surface area (Å²) >= 11 is 6.90. The number of likely N-dealkylation sites (tertiary alicyclic amines) is 1. The minimum atomic E-state index is -5.32. The highest BCUT2D eigenvalue weighted by molar-refractivity contribution is 7.81. The molecule has 2 saturated heterocycles. The van der Waals surface area contributed by atoms with Crippen molar-refractivity contribution in [3.8, 4) is 33.5 Å². The lowest BCUT2D eigenvalue weighted by Gasteiger charge is -2.35. The molecule has 0 bridgehead atoms. The number of pyridine rings is 1. The molecular weight excluding hydrogens is 1060 g/mol. The molecular formula is C52H50F8N8O7S2. The topological polar surface area (TPSA) is 190 Å². The lowest BCUT2D eigenvalue weighted by molar-refractivity contribution is -0.144. The summed E-state index contributed by atoms with van der Waals surface area (Å²) in [5.41, 5.74) is -2.91. The van der Waals surface area contributed by atoms with Crippen molar-refractivity contribution in [2.45, 2.75) is 96.8 Å². The fraction of sp³-hybridized carbons (Fsp3) is 0.385. The third kappa shape index (κ3) is 12.4. The molecule has 0 radical (unpaired) electrons. The molecule has 5 atom stereocenters. The first-order chi connectivity index (χ1) is 36.1. The van der Waals surface area contributed by atoms with Crippen molar-refractivity contribution in [2.24, 2.45) is 5.41 Å². The number of alkyl halides is 5. The number of aliphatic hydroxyl groups excluding tert-OH is 1. The second kappa shape index (κ2) is 22.8. The van der Waals surface area contributed by atoms with Gasteiger partial charge in [-0.1, -0.05) is 45.0 Å². The predicted octanol–water partition coefficient (Wildman–Crippen LogP) is 8.29. The van der Waals surface area contributed by atoms with Crippen LogP contribution in [0.25, 0.3) is 21.7 Å². The number of thiazole rings is 1. The normalized spacial score (nSPS) is 17.8. The number of amides is 4. The number of β-amino-alcohol motifs (C(OH)–C–C–N with tert-alkyl or cyclic N) is 1. The van der Waals surface area contributed by atoms with Gasteiger partial charge in [-0.05, 0) is 79.9 Å². The standard InChI is InChI=1S/C52H50F8N8O7S2/c1-26-44(77-25-64-26)28-9-7-27(8-10-28)19-63-46(71)38-17-32(69)21-66(38)47(72)45(50(2,3)4)65-40(70)24-74-22-35(55)36(56)23-75-39-14-12-29(15-33(39)53)43-34(54)16-31(20-62-43)68-49(76)67(48(73)51(68,5)6)37-13-11-30(18-61)41(42(37)57)52(58,59)60/h7-16,20,25,32,35-36,38,45,69H,17,19,21-24H2,1-6H3,(H,63,71)(H,65,70)/t32-,35?,36?,38+,45-/m1/s1. The highest BCUT2D eigenvalue weighted by Crippen LogP contribution is 2.42. The Morgan fingerprint density at radius 1 is 0.974 bits per heavy atom. The van der Waals surface area contributed by atoms with Crippen LogP contribution in [0.4, 0.5) is 46.5 Å². The number of aliphatic hydroxyl groups is 1. The first kappa shape index (κ1) is 57.6. The zero-order chi connectivity index (χ0) is 56.5. The molecule has 2 aromatic heterocycles. The zero-order valence-corrected chi connectivity index (χ0v) is 43.6. The number of nitrogens with one attached hydrogen (secondary N) is 2. The van der Waals surface area contributed by atoms with E-state index < -0.39 is 142 Å². The molecule has 4 amide bonds. The maximum Gasteiger partial charge on any atom is 0.420 e. The summed E-state index contributed by atoms with van der Waals surface area (Å²) in [4.78, 5) is 66.1. The first-order valence-corrected chi connectivity index (χ1v) is 24.9. The third-order valence-corrected chi connectivity index (χ3v) is 14.1. The molecule has 2 fully saturated rings. The van der Waals surface area contributed by atoms with E-state index in [0.29, 0.717) is 11.0 Å². The predicted molar refractivity (Wildman–Crippen MR) is 270 cm³/mol. The second-order valence-electron chi connectivity index (χ2n) is 19.7. The van der Waals surface area contributed by atoms with E-state index >= 15 is 13.2 Å². The zero-order valence-electron chi connectivity index (χ0n) is 42.0. The highest BCUT2D eigenvalue weighted by Gasteiger charge is 2.52. The number of hydrogen-bond acceptors (Lipinski definition) is 12. The number of rotatable bonds is 17. The average molecular weight is 1120 g/mol. The lowest BCUT2D eigenvalue weighted by atomic mass is 9.85. The summed E-state index contributed by atoms with van der Waals surface area (Å²) in [6.45, 7) is 6.63. The summed E-state index contributed by atoms with van der Waals surface area (Å²) in [5.74, 6) is -7.78. The van der Waals surface area contributed by atoms with Crippen LogP contribution in [0, 0.1) is 41.1 Å². The number of carbonyl (C=O) groups is 4. The summed E-state index contributed by atoms with van der Waals surface area (Å²) in [6.07, 6.45) is -10.2. The monoisotopic (exact) mass is 1110 g/mol. The Hall–Kier alpha value is -7.14. The van der Waals surface area contributed by atoms with Gasteiger partial charge in [-0.3, -0.25) is 29.1 Å². The summed E-state index contributed by atoms with van der Waals surface area (Å²) in [6, 6.07) is 11.8. The van der Waals surface area contributed by atoms with Gasteiger partial charge >= 0.3 is 6.18 Å². The number of benzene rings is 3. The Morgan fingerprint density at radius 2 is 1.65 bits per heavy atom. The molecule has 0 aliphatic carbocycles. The van der Waals surface area contributed by atoms with Crippen LogP contribution in [0.5, 0.6) is 5.75 Å². The van der Waals surface area contributed by atoms with E-state index in [1.54, 1.807) is 26.3 Å². The second-order valence-corrected chi connectivity index (χ2v) is 20.9. The van der Waals surface area contributed by atoms with Gasteiger partial charge in [0.25, 0.3) is 5.91 Å². The number of aromatic nitrogens is 2. The molecule has 15 nitrogen and oxygen atoms in total. The minimum Gasteiger partial charge on any atom is -0.487 e. The van der Waals surface area contributed by atoms with Crippen molar-refractivity contribution in [1.82, 2.24) is 25.5 Å². The number of halogens is 8. The Balaban J connectivity index is 0.904. The molecule has 3 N–H and O–H groups in total. The largest absolute Gasteiger partial charge is 0.487 e. The molecule has 0 spiro atoms. The first-order valence-electron chi connectivity index (χ1n) is 23.6. The van der Waals surface area contributed by atoms with Gasteiger partial charge in [0, 0.05) is 31.1 Å². The van der Waals surface area contributed by atoms with E-state index in [2.05, 4.69) is 20.6 Å². The van der Waals surface area contributed by atoms with Gasteiger partial charge < -0.3 is 35.0 Å². The molecule has 0 saturated carbocycles. The molecule has 5 aromatic rings. The van der Waals surface area contributed by atoms with Gasteiger partial charge in [0.1, 0.15) is 42.1 Å². The third-order valence-electron chi connectivity index (χ3n) is 12.7. The van der Waals surface area contributed by atoms with Gasteiger partial charge in [0.05, 0.1) is 58.0 Å². The van der Waals surface area contributed by atoms with Gasteiger partial charge in [0.15, 0.2) is 40.7 Å². The quantitative estimate of drug-likeness (QED) is 0.0598. The molecule has 77 heavy (non-hydrogen) atoms. The van der Waals surface area contributed by atoms with Crippen LogP contribution in [-0.2, 0) is 36.6 Å². The van der Waals surface area contributed by atoms with Crippen molar-refractivity contribution in [1.29, 1.82) is 5.26 Å². The molecule has 408 valence electrons. The Kier molecular flexibility index (Phi) is 17.1. The summed E-state index contributed by atoms with van der Waals surface area (Å²) in [5, 5.41) is 24.5. The van der Waals surface area contributed by atoms with Crippen LogP contribution in [0.1, 0.15) is 63.4 Å². The Labute approximate surface area is 445 Å². The number of nitrogens with zero attached hydrogens (tertiary/aromatic N) is 6. The number of hydrogen-bond donors (Lipinski definition) is 3. The summed E-state index contributed by atoms with van der Waals surface area (Å²) < 4.78 is 128. The van der Waals surface area contributed by atoms with Crippen LogP contribution < -0.4 is 25.2 Å².